The molecule has 0 amide bonds. The quantitative estimate of drug-likeness (QED) is 0.853. The molecule has 0 radical (unpaired) electrons. The van der Waals surface area contributed by atoms with Crippen molar-refractivity contribution in [3.63, 3.8) is 0 Å². The number of sulfonamides is 1. The monoisotopic (exact) mass is 287 g/mol. The lowest BCUT2D eigenvalue weighted by molar-refractivity contribution is 0.00849. The fraction of sp³-hybridized carbons (Fsp3) is 0.417. The van der Waals surface area contributed by atoms with E-state index in [4.69, 9.17) is 9.88 Å². The van der Waals surface area contributed by atoms with E-state index in [0.717, 1.165) is 31.4 Å². The summed E-state index contributed by atoms with van der Waals surface area (Å²) in [4.78, 5) is 11.5. The zero-order chi connectivity index (χ0) is 14.2. The van der Waals surface area contributed by atoms with Crippen molar-refractivity contribution in [2.24, 2.45) is 5.14 Å². The Bertz CT molecular complexity index is 623. The zero-order valence-corrected chi connectivity index (χ0v) is 11.2. The second kappa shape index (κ2) is 4.90. The normalized spacial score (nSPS) is 15.9. The van der Waals surface area contributed by atoms with E-state index in [1.165, 1.54) is 6.92 Å². The van der Waals surface area contributed by atoms with Crippen LogP contribution in [0.4, 0.5) is 4.39 Å². The van der Waals surface area contributed by atoms with E-state index in [2.05, 4.69) is 0 Å². The summed E-state index contributed by atoms with van der Waals surface area (Å²) >= 11 is 0. The van der Waals surface area contributed by atoms with E-state index in [9.17, 15) is 17.6 Å². The van der Waals surface area contributed by atoms with E-state index in [0.29, 0.717) is 0 Å². The summed E-state index contributed by atoms with van der Waals surface area (Å²) in [5, 5.41) is 4.98. The van der Waals surface area contributed by atoms with Gasteiger partial charge >= 0.3 is 5.97 Å². The predicted octanol–water partition coefficient (Wildman–Crippen LogP) is 1.49. The summed E-state index contributed by atoms with van der Waals surface area (Å²) in [6.45, 7) is 1.37. The molecule has 1 aliphatic carbocycles. The number of halogens is 1. The van der Waals surface area contributed by atoms with Gasteiger partial charge < -0.3 is 4.74 Å². The molecule has 1 aromatic rings. The molecule has 0 spiro atoms. The Labute approximate surface area is 110 Å². The van der Waals surface area contributed by atoms with Gasteiger partial charge in [0.2, 0.25) is 10.0 Å². The topological polar surface area (TPSA) is 86.5 Å². The first-order chi connectivity index (χ1) is 8.79. The van der Waals surface area contributed by atoms with Gasteiger partial charge in [-0.25, -0.2) is 22.7 Å². The SMILES string of the molecule is Cc1cc(S(N)(=O)=O)cc(C(=O)OC2CCC2)c1F. The summed E-state index contributed by atoms with van der Waals surface area (Å²) in [6, 6.07) is 2.00. The van der Waals surface area contributed by atoms with Crippen molar-refractivity contribution in [1.29, 1.82) is 0 Å². The molecular formula is C12H14FNO4S. The van der Waals surface area contributed by atoms with Crippen LogP contribution >= 0.6 is 0 Å². The summed E-state index contributed by atoms with van der Waals surface area (Å²) < 4.78 is 41.4. The molecular weight excluding hydrogens is 273 g/mol. The van der Waals surface area contributed by atoms with E-state index >= 15 is 0 Å². The molecule has 1 aromatic carbocycles. The molecule has 0 unspecified atom stereocenters. The van der Waals surface area contributed by atoms with Crippen LogP contribution < -0.4 is 5.14 Å². The number of rotatable bonds is 3. The molecule has 104 valence electrons. The number of carbonyl (C=O) groups excluding carboxylic acids is 1. The standard InChI is InChI=1S/C12H14FNO4S/c1-7-5-9(19(14,16)17)6-10(11(7)13)12(15)18-8-3-2-4-8/h5-6,8H,2-4H2,1H3,(H2,14,16,17). The van der Waals surface area contributed by atoms with E-state index in [-0.39, 0.29) is 16.6 Å². The number of hydrogen-bond donors (Lipinski definition) is 1. The summed E-state index contributed by atoms with van der Waals surface area (Å²) in [5.74, 6) is -1.63. The van der Waals surface area contributed by atoms with Gasteiger partial charge in [0.25, 0.3) is 0 Å². The van der Waals surface area contributed by atoms with Crippen molar-refractivity contribution >= 4 is 16.0 Å². The van der Waals surface area contributed by atoms with Crippen LogP contribution in [0.5, 0.6) is 0 Å². The molecule has 1 aliphatic rings. The highest BCUT2D eigenvalue weighted by atomic mass is 32.2. The Hall–Kier alpha value is -1.47. The molecule has 19 heavy (non-hydrogen) atoms. The summed E-state index contributed by atoms with van der Waals surface area (Å²) in [6.07, 6.45) is 2.27. The van der Waals surface area contributed by atoms with Gasteiger partial charge in [-0.05, 0) is 43.9 Å². The predicted molar refractivity (Wildman–Crippen MR) is 65.6 cm³/mol. The highest BCUT2D eigenvalue weighted by Gasteiger charge is 2.26. The van der Waals surface area contributed by atoms with E-state index in [1.54, 1.807) is 0 Å². The Morgan fingerprint density at radius 1 is 1.42 bits per heavy atom. The third kappa shape index (κ3) is 2.93. The fourth-order valence-corrected chi connectivity index (χ4v) is 2.38. The van der Waals surface area contributed by atoms with Crippen LogP contribution in [0.3, 0.4) is 0 Å². The van der Waals surface area contributed by atoms with E-state index < -0.39 is 27.4 Å². The lowest BCUT2D eigenvalue weighted by atomic mass is 9.96. The second-order valence-corrected chi connectivity index (χ2v) is 6.17. The highest BCUT2D eigenvalue weighted by Crippen LogP contribution is 2.25. The Morgan fingerprint density at radius 2 is 2.05 bits per heavy atom. The van der Waals surface area contributed by atoms with Crippen LogP contribution in [0.25, 0.3) is 0 Å². The average Bonchev–Trinajstić information content (AvgIpc) is 2.25. The van der Waals surface area contributed by atoms with Gasteiger partial charge in [0, 0.05) is 0 Å². The number of benzene rings is 1. The summed E-state index contributed by atoms with van der Waals surface area (Å²) in [5.41, 5.74) is -0.358. The van der Waals surface area contributed by atoms with Gasteiger partial charge in [0.15, 0.2) is 0 Å². The average molecular weight is 287 g/mol. The first-order valence-corrected chi connectivity index (χ1v) is 7.37. The molecule has 1 saturated carbocycles. The minimum absolute atomic E-state index is 0.0343. The number of esters is 1. The van der Waals surface area contributed by atoms with Crippen molar-refractivity contribution in [3.05, 3.63) is 29.1 Å². The number of hydrogen-bond acceptors (Lipinski definition) is 4. The third-order valence-corrected chi connectivity index (χ3v) is 4.00. The number of carbonyl (C=O) groups is 1. The molecule has 0 aromatic heterocycles. The van der Waals surface area contributed by atoms with Crippen molar-refractivity contribution in [2.75, 3.05) is 0 Å². The maximum Gasteiger partial charge on any atom is 0.341 e. The molecule has 1 fully saturated rings. The minimum Gasteiger partial charge on any atom is -0.459 e. The Balaban J connectivity index is 2.37. The van der Waals surface area contributed by atoms with E-state index in [1.807, 2.05) is 0 Å². The fourth-order valence-electron chi connectivity index (χ4n) is 1.75. The smallest absolute Gasteiger partial charge is 0.341 e. The molecule has 0 aliphatic heterocycles. The molecule has 0 saturated heterocycles. The molecule has 0 atom stereocenters. The molecule has 2 rings (SSSR count). The first kappa shape index (κ1) is 14.0. The minimum atomic E-state index is -3.99. The maximum atomic E-state index is 13.9. The van der Waals surface area contributed by atoms with Crippen LogP contribution in [0.15, 0.2) is 17.0 Å². The summed E-state index contributed by atoms with van der Waals surface area (Å²) in [7, 11) is -3.99. The molecule has 7 heteroatoms. The second-order valence-electron chi connectivity index (χ2n) is 4.60. The number of nitrogens with two attached hydrogens (primary N) is 1. The van der Waals surface area contributed by atoms with Crippen LogP contribution in [-0.4, -0.2) is 20.5 Å². The molecule has 2 N–H and O–H groups in total. The maximum absolute atomic E-state index is 13.9. The van der Waals surface area contributed by atoms with Crippen molar-refractivity contribution in [1.82, 2.24) is 0 Å². The van der Waals surface area contributed by atoms with Crippen LogP contribution in [0, 0.1) is 12.7 Å². The van der Waals surface area contributed by atoms with Gasteiger partial charge in [-0.3, -0.25) is 0 Å². The van der Waals surface area contributed by atoms with Gasteiger partial charge in [0.1, 0.15) is 11.9 Å². The van der Waals surface area contributed by atoms with Crippen LogP contribution in [-0.2, 0) is 14.8 Å². The van der Waals surface area contributed by atoms with Crippen LogP contribution in [0.1, 0.15) is 35.2 Å². The Kier molecular flexibility index (Phi) is 3.60. The number of ether oxygens (including phenoxy) is 1. The van der Waals surface area contributed by atoms with Crippen molar-refractivity contribution in [3.8, 4) is 0 Å². The first-order valence-electron chi connectivity index (χ1n) is 5.83. The Morgan fingerprint density at radius 3 is 2.53 bits per heavy atom. The van der Waals surface area contributed by atoms with Gasteiger partial charge in [-0.15, -0.1) is 0 Å². The number of aryl methyl sites for hydroxylation is 1. The van der Waals surface area contributed by atoms with Gasteiger partial charge in [-0.1, -0.05) is 0 Å². The van der Waals surface area contributed by atoms with Crippen molar-refractivity contribution < 1.29 is 22.3 Å². The van der Waals surface area contributed by atoms with Gasteiger partial charge in [0.05, 0.1) is 10.5 Å². The third-order valence-electron chi connectivity index (χ3n) is 3.10. The highest BCUT2D eigenvalue weighted by molar-refractivity contribution is 7.89. The van der Waals surface area contributed by atoms with Crippen molar-refractivity contribution in [2.45, 2.75) is 37.2 Å². The van der Waals surface area contributed by atoms with Gasteiger partial charge in [-0.2, -0.15) is 0 Å². The molecule has 0 bridgehead atoms. The molecule has 0 heterocycles. The lowest BCUT2D eigenvalue weighted by Crippen LogP contribution is -2.26. The lowest BCUT2D eigenvalue weighted by Gasteiger charge is -2.25. The molecule has 5 nitrogen and oxygen atoms in total. The zero-order valence-electron chi connectivity index (χ0n) is 10.3. The largest absolute Gasteiger partial charge is 0.459 e. The number of primary sulfonamides is 1. The van der Waals surface area contributed by atoms with Crippen LogP contribution in [0.2, 0.25) is 0 Å².